The number of likely N-dealkylation sites (N-methyl/N-ethyl adjacent to an activating group) is 1. The second-order valence-corrected chi connectivity index (χ2v) is 8.30. The molecule has 147 valence electrons. The van der Waals surface area contributed by atoms with Gasteiger partial charge in [-0.05, 0) is 76.1 Å². The summed E-state index contributed by atoms with van der Waals surface area (Å²) in [5.41, 5.74) is 2.89. The number of carbonyl (C=O) groups is 1. The van der Waals surface area contributed by atoms with E-state index in [9.17, 15) is 4.79 Å². The first-order chi connectivity index (χ1) is 12.5. The summed E-state index contributed by atoms with van der Waals surface area (Å²) >= 11 is 0. The number of nitrogens with one attached hydrogen (secondary N) is 1. The number of carbonyl (C=O) groups excluding carboxylic acids is 1. The van der Waals surface area contributed by atoms with Crippen LogP contribution < -0.4 is 10.1 Å². The van der Waals surface area contributed by atoms with Gasteiger partial charge in [-0.1, -0.05) is 0 Å². The maximum atomic E-state index is 13.6. The van der Waals surface area contributed by atoms with Crippen molar-refractivity contribution in [3.63, 3.8) is 0 Å². The maximum absolute atomic E-state index is 13.6. The Balaban J connectivity index is 0.00000261. The maximum Gasteiger partial charge on any atom is 0.285 e. The van der Waals surface area contributed by atoms with Gasteiger partial charge in [0.05, 0.1) is 26.7 Å². The smallest absolute Gasteiger partial charge is 0.285 e. The SMILES string of the molecule is CC[N+]1(C2(C(=O)Nc3c(C)cc(OC)cc3C)CCC2)CCCCCC1.[Y]. The molecule has 1 aromatic rings. The number of amides is 1. The van der Waals surface area contributed by atoms with E-state index in [4.69, 9.17) is 4.74 Å². The third-order valence-electron chi connectivity index (χ3n) is 7.02. The average molecular weight is 448 g/mol. The molecule has 0 atom stereocenters. The molecule has 2 aliphatic rings. The van der Waals surface area contributed by atoms with Crippen LogP contribution in [-0.2, 0) is 37.5 Å². The zero-order chi connectivity index (χ0) is 18.8. The third kappa shape index (κ3) is 4.13. The summed E-state index contributed by atoms with van der Waals surface area (Å²) < 4.78 is 6.36. The summed E-state index contributed by atoms with van der Waals surface area (Å²) in [6.07, 6.45) is 8.37. The van der Waals surface area contributed by atoms with Crippen molar-refractivity contribution in [2.45, 2.75) is 71.3 Å². The van der Waals surface area contributed by atoms with E-state index in [2.05, 4.69) is 26.1 Å². The summed E-state index contributed by atoms with van der Waals surface area (Å²) in [4.78, 5) is 13.6. The van der Waals surface area contributed by atoms with Crippen molar-refractivity contribution in [3.05, 3.63) is 23.3 Å². The fraction of sp³-hybridized carbons (Fsp3) is 0.682. The van der Waals surface area contributed by atoms with Crippen molar-refractivity contribution in [2.75, 3.05) is 32.1 Å². The summed E-state index contributed by atoms with van der Waals surface area (Å²) in [5.74, 6) is 1.09. The van der Waals surface area contributed by atoms with E-state index in [-0.39, 0.29) is 44.2 Å². The summed E-state index contributed by atoms with van der Waals surface area (Å²) in [6, 6.07) is 4.01. The number of benzene rings is 1. The Kier molecular flexibility index (Phi) is 7.92. The van der Waals surface area contributed by atoms with Crippen molar-refractivity contribution < 1.29 is 46.7 Å². The summed E-state index contributed by atoms with van der Waals surface area (Å²) in [5, 5.41) is 3.34. The molecule has 0 aromatic heterocycles. The van der Waals surface area contributed by atoms with Gasteiger partial charge in [0.25, 0.3) is 5.91 Å². The molecule has 0 bridgehead atoms. The van der Waals surface area contributed by atoms with E-state index in [1.54, 1.807) is 7.11 Å². The van der Waals surface area contributed by atoms with Crippen LogP contribution in [0.25, 0.3) is 0 Å². The van der Waals surface area contributed by atoms with E-state index in [0.717, 1.165) is 59.5 Å². The van der Waals surface area contributed by atoms with E-state index in [0.29, 0.717) is 0 Å². The Morgan fingerprint density at radius 3 is 2.04 bits per heavy atom. The topological polar surface area (TPSA) is 38.3 Å². The van der Waals surface area contributed by atoms with Crippen molar-refractivity contribution >= 4 is 11.6 Å². The Bertz CT molecular complexity index is 639. The van der Waals surface area contributed by atoms with Gasteiger partial charge in [-0.15, -0.1) is 0 Å². The van der Waals surface area contributed by atoms with E-state index in [1.807, 2.05) is 12.1 Å². The Hall–Kier alpha value is -0.446. The van der Waals surface area contributed by atoms with Crippen molar-refractivity contribution in [2.24, 2.45) is 0 Å². The van der Waals surface area contributed by atoms with Gasteiger partial charge >= 0.3 is 0 Å². The fourth-order valence-electron chi connectivity index (χ4n) is 5.24. The summed E-state index contributed by atoms with van der Waals surface area (Å²) in [7, 11) is 1.68. The van der Waals surface area contributed by atoms with Gasteiger partial charge in [-0.3, -0.25) is 4.79 Å². The van der Waals surface area contributed by atoms with Crippen molar-refractivity contribution in [1.29, 1.82) is 0 Å². The standard InChI is InChI=1S/C22H34N2O2.Y/c1-5-24(13-8-6-7-9-14-24)22(11-10-12-22)21(25)23-20-17(2)15-19(26-4)16-18(20)3;/h15-16H,5-14H2,1-4H3;/p+1. The monoisotopic (exact) mass is 448 g/mol. The first-order valence-electron chi connectivity index (χ1n) is 10.3. The number of likely N-dealkylation sites (tertiary alicyclic amines) is 1. The van der Waals surface area contributed by atoms with Gasteiger partial charge < -0.3 is 14.5 Å². The number of quaternary nitrogens is 1. The molecule has 1 saturated carbocycles. The van der Waals surface area contributed by atoms with Gasteiger partial charge in [-0.25, -0.2) is 0 Å². The number of ether oxygens (including phenoxy) is 1. The van der Waals surface area contributed by atoms with Crippen LogP contribution in [-0.4, -0.2) is 42.7 Å². The van der Waals surface area contributed by atoms with Crippen LogP contribution >= 0.6 is 0 Å². The molecule has 0 unspecified atom stereocenters. The molecule has 0 spiro atoms. The summed E-state index contributed by atoms with van der Waals surface area (Å²) in [6.45, 7) is 9.76. The first-order valence-corrected chi connectivity index (χ1v) is 10.3. The molecule has 27 heavy (non-hydrogen) atoms. The van der Waals surface area contributed by atoms with E-state index >= 15 is 0 Å². The normalized spacial score (nSPS) is 20.6. The van der Waals surface area contributed by atoms with E-state index in [1.165, 1.54) is 32.1 Å². The zero-order valence-corrected chi connectivity index (χ0v) is 20.4. The molecular weight excluding hydrogens is 413 g/mol. The molecule has 1 aliphatic carbocycles. The molecule has 1 amide bonds. The second kappa shape index (κ2) is 9.37. The first kappa shape index (κ1) is 22.8. The molecule has 1 N–H and O–H groups in total. The Morgan fingerprint density at radius 1 is 1.07 bits per heavy atom. The van der Waals surface area contributed by atoms with Crippen LogP contribution in [0.3, 0.4) is 0 Å². The van der Waals surface area contributed by atoms with Gasteiger partial charge in [0.2, 0.25) is 0 Å². The molecule has 1 aromatic carbocycles. The molecule has 4 nitrogen and oxygen atoms in total. The Morgan fingerprint density at radius 2 is 1.63 bits per heavy atom. The van der Waals surface area contributed by atoms with Gasteiger partial charge in [0.1, 0.15) is 5.75 Å². The number of nitrogens with zero attached hydrogens (tertiary/aromatic N) is 1. The molecule has 3 rings (SSSR count). The van der Waals surface area contributed by atoms with Crippen molar-refractivity contribution in [1.82, 2.24) is 0 Å². The van der Waals surface area contributed by atoms with Gasteiger partial charge in [0.15, 0.2) is 5.54 Å². The average Bonchev–Trinajstić information content (AvgIpc) is 2.83. The number of hydrogen-bond acceptors (Lipinski definition) is 2. The zero-order valence-electron chi connectivity index (χ0n) is 17.6. The Labute approximate surface area is 189 Å². The molecule has 1 radical (unpaired) electrons. The van der Waals surface area contributed by atoms with Crippen LogP contribution in [0.5, 0.6) is 5.75 Å². The van der Waals surface area contributed by atoms with Crippen LogP contribution in [0.2, 0.25) is 0 Å². The minimum atomic E-state index is -0.224. The number of anilines is 1. The molecule has 2 fully saturated rings. The van der Waals surface area contributed by atoms with Crippen LogP contribution in [0.4, 0.5) is 5.69 Å². The van der Waals surface area contributed by atoms with Crippen LogP contribution in [0, 0.1) is 13.8 Å². The van der Waals surface area contributed by atoms with E-state index < -0.39 is 0 Å². The third-order valence-corrected chi connectivity index (χ3v) is 7.02. The predicted molar refractivity (Wildman–Crippen MR) is 107 cm³/mol. The minimum Gasteiger partial charge on any atom is -0.497 e. The van der Waals surface area contributed by atoms with Crippen LogP contribution in [0.15, 0.2) is 12.1 Å². The number of aryl methyl sites for hydroxylation is 2. The molecule has 1 saturated heterocycles. The molecular formula is C22H35N2O2Y+. The minimum absolute atomic E-state index is 0. The fourth-order valence-corrected chi connectivity index (χ4v) is 5.24. The quantitative estimate of drug-likeness (QED) is 0.670. The predicted octanol–water partition coefficient (Wildman–Crippen LogP) is 4.58. The number of rotatable bonds is 5. The largest absolute Gasteiger partial charge is 0.497 e. The van der Waals surface area contributed by atoms with Gasteiger partial charge in [-0.2, -0.15) is 0 Å². The molecule has 5 heteroatoms. The van der Waals surface area contributed by atoms with Gasteiger partial charge in [0, 0.05) is 51.2 Å². The van der Waals surface area contributed by atoms with Crippen molar-refractivity contribution in [3.8, 4) is 5.75 Å². The molecule has 1 heterocycles. The van der Waals surface area contributed by atoms with Crippen LogP contribution in [0.1, 0.15) is 63.0 Å². The second-order valence-electron chi connectivity index (χ2n) is 8.30. The molecule has 1 aliphatic heterocycles. The number of hydrogen-bond donors (Lipinski definition) is 1. The number of methoxy groups -OCH3 is 1.